The molecule has 0 bridgehead atoms. The van der Waals surface area contributed by atoms with Crippen molar-refractivity contribution < 1.29 is 30.6 Å². The zero-order chi connectivity index (χ0) is 12.9. The van der Waals surface area contributed by atoms with Gasteiger partial charge in [0.15, 0.2) is 0 Å². The molecule has 0 aliphatic heterocycles. The van der Waals surface area contributed by atoms with Gasteiger partial charge in [-0.1, -0.05) is 0 Å². The van der Waals surface area contributed by atoms with Gasteiger partial charge in [-0.3, -0.25) is 0 Å². The average Bonchev–Trinajstić information content (AvgIpc) is 2.32. The van der Waals surface area contributed by atoms with Gasteiger partial charge in [0.05, 0.1) is 12.7 Å². The van der Waals surface area contributed by atoms with Crippen LogP contribution in [-0.4, -0.2) is 80.4 Å². The molecule has 8 heteroatoms. The molecule has 0 fully saturated rings. The molecule has 0 amide bonds. The fraction of sp³-hybridized carbons (Fsp3) is 1.00. The molecule has 0 rings (SSSR count). The highest BCUT2D eigenvalue weighted by molar-refractivity contribution is 4.89. The first-order chi connectivity index (χ1) is 7.36. The lowest BCUT2D eigenvalue weighted by atomic mass is 9.96. The van der Waals surface area contributed by atoms with Crippen molar-refractivity contribution in [1.82, 2.24) is 0 Å². The minimum Gasteiger partial charge on any atom is -0.394 e. The molecule has 0 spiro atoms. The lowest BCUT2D eigenvalue weighted by Crippen LogP contribution is -2.56. The van der Waals surface area contributed by atoms with Gasteiger partial charge in [-0.05, 0) is 0 Å². The van der Waals surface area contributed by atoms with Crippen LogP contribution in [0.4, 0.5) is 0 Å². The average molecular weight is 240 g/mol. The maximum absolute atomic E-state index is 9.41. The summed E-state index contributed by atoms with van der Waals surface area (Å²) in [6, 6.07) is -0.969. The van der Waals surface area contributed by atoms with Gasteiger partial charge < -0.3 is 42.1 Å². The molecular formula is C8H20N2O6. The summed E-state index contributed by atoms with van der Waals surface area (Å²) in [5, 5.41) is 55.0. The predicted octanol–water partition coefficient (Wildman–Crippen LogP) is -4.93. The predicted molar refractivity (Wildman–Crippen MR) is 54.1 cm³/mol. The third kappa shape index (κ3) is 3.92. The molecule has 2 unspecified atom stereocenters. The minimum atomic E-state index is -1.84. The smallest absolute Gasteiger partial charge is 0.111 e. The lowest BCUT2D eigenvalue weighted by Gasteiger charge is -2.30. The third-order valence-corrected chi connectivity index (χ3v) is 2.34. The molecule has 0 radical (unpaired) electrons. The van der Waals surface area contributed by atoms with Crippen LogP contribution in [0.2, 0.25) is 0 Å². The zero-order valence-corrected chi connectivity index (χ0v) is 8.72. The normalized spacial score (nSPS) is 23.2. The first kappa shape index (κ1) is 15.7. The summed E-state index contributed by atoms with van der Waals surface area (Å²) in [6.45, 7) is -0.909. The Morgan fingerprint density at radius 2 is 1.25 bits per heavy atom. The van der Waals surface area contributed by atoms with E-state index >= 15 is 0 Å². The van der Waals surface area contributed by atoms with Gasteiger partial charge in [-0.2, -0.15) is 0 Å². The number of nitrogens with two attached hydrogens (primary N) is 2. The number of hydrogen-bond acceptors (Lipinski definition) is 8. The second kappa shape index (κ2) is 7.09. The van der Waals surface area contributed by atoms with Crippen molar-refractivity contribution in [2.45, 2.75) is 36.6 Å². The lowest BCUT2D eigenvalue weighted by molar-refractivity contribution is -0.142. The molecule has 0 aliphatic rings. The van der Waals surface area contributed by atoms with Crippen LogP contribution in [0.3, 0.4) is 0 Å². The molecule has 6 atom stereocenters. The van der Waals surface area contributed by atoms with Crippen molar-refractivity contribution in [3.05, 3.63) is 0 Å². The summed E-state index contributed by atoms with van der Waals surface area (Å²) in [6.07, 6.45) is -8.56. The molecule has 0 aromatic heterocycles. The van der Waals surface area contributed by atoms with Crippen molar-refractivity contribution in [2.75, 3.05) is 13.2 Å². The number of aliphatic hydroxyl groups is 6. The van der Waals surface area contributed by atoms with Crippen molar-refractivity contribution in [1.29, 1.82) is 0 Å². The Bertz CT molecular complexity index is 175. The summed E-state index contributed by atoms with van der Waals surface area (Å²) < 4.78 is 0. The van der Waals surface area contributed by atoms with E-state index in [2.05, 4.69) is 0 Å². The molecule has 0 saturated heterocycles. The van der Waals surface area contributed by atoms with Gasteiger partial charge in [0.25, 0.3) is 0 Å². The Hall–Kier alpha value is -0.320. The van der Waals surface area contributed by atoms with E-state index in [9.17, 15) is 20.4 Å². The van der Waals surface area contributed by atoms with Crippen LogP contribution in [0.25, 0.3) is 0 Å². The molecule has 0 aromatic carbocycles. The summed E-state index contributed by atoms with van der Waals surface area (Å²) in [4.78, 5) is 0. The van der Waals surface area contributed by atoms with Crippen LogP contribution in [0, 0.1) is 0 Å². The summed E-state index contributed by atoms with van der Waals surface area (Å²) in [5.41, 5.74) is 10.5. The fourth-order valence-corrected chi connectivity index (χ4v) is 1.13. The molecule has 8 nitrogen and oxygen atoms in total. The Morgan fingerprint density at radius 1 is 0.812 bits per heavy atom. The first-order valence-corrected chi connectivity index (χ1v) is 4.83. The van der Waals surface area contributed by atoms with Crippen LogP contribution in [0.15, 0.2) is 0 Å². The van der Waals surface area contributed by atoms with Gasteiger partial charge >= 0.3 is 0 Å². The monoisotopic (exact) mass is 240 g/mol. The number of rotatable bonds is 7. The van der Waals surface area contributed by atoms with Gasteiger partial charge in [0.2, 0.25) is 0 Å². The van der Waals surface area contributed by atoms with Crippen molar-refractivity contribution in [3.63, 3.8) is 0 Å². The van der Waals surface area contributed by atoms with Crippen LogP contribution in [0.1, 0.15) is 0 Å². The largest absolute Gasteiger partial charge is 0.394 e. The SMILES string of the molecule is NCC(N)C(O)[C@H](O)[C@@H](O)[C@H](O)[C@H](O)CO. The standard InChI is InChI=1S/C8H20N2O6/c9-1-3(10)5(13)7(15)8(16)6(14)4(12)2-11/h3-8,11-16H,1-2,9-10H2/t3?,4-,5?,6-,7+,8+/m1/s1. The molecule has 10 N–H and O–H groups in total. The van der Waals surface area contributed by atoms with Crippen LogP contribution < -0.4 is 11.5 Å². The molecule has 0 aliphatic carbocycles. The quantitative estimate of drug-likeness (QED) is 0.218. The van der Waals surface area contributed by atoms with Crippen molar-refractivity contribution in [2.24, 2.45) is 11.5 Å². The second-order valence-corrected chi connectivity index (χ2v) is 3.61. The first-order valence-electron chi connectivity index (χ1n) is 4.83. The summed E-state index contributed by atoms with van der Waals surface area (Å²) in [7, 11) is 0. The highest BCUT2D eigenvalue weighted by Crippen LogP contribution is 2.09. The van der Waals surface area contributed by atoms with E-state index in [1.165, 1.54) is 0 Å². The van der Waals surface area contributed by atoms with E-state index in [4.69, 9.17) is 21.7 Å². The minimum absolute atomic E-state index is 0.121. The summed E-state index contributed by atoms with van der Waals surface area (Å²) >= 11 is 0. The van der Waals surface area contributed by atoms with Gasteiger partial charge in [0.1, 0.15) is 24.4 Å². The Morgan fingerprint density at radius 3 is 1.62 bits per heavy atom. The molecule has 0 aromatic rings. The van der Waals surface area contributed by atoms with Crippen LogP contribution in [0.5, 0.6) is 0 Å². The van der Waals surface area contributed by atoms with Crippen molar-refractivity contribution >= 4 is 0 Å². The Labute approximate surface area is 92.7 Å². The topological polar surface area (TPSA) is 173 Å². The highest BCUT2D eigenvalue weighted by Gasteiger charge is 2.35. The summed E-state index contributed by atoms with van der Waals surface area (Å²) in [5.74, 6) is 0. The fourth-order valence-electron chi connectivity index (χ4n) is 1.13. The van der Waals surface area contributed by atoms with E-state index in [1.807, 2.05) is 0 Å². The van der Waals surface area contributed by atoms with E-state index in [0.29, 0.717) is 0 Å². The maximum atomic E-state index is 9.41. The molecular weight excluding hydrogens is 220 g/mol. The maximum Gasteiger partial charge on any atom is 0.111 e. The molecule has 98 valence electrons. The van der Waals surface area contributed by atoms with Gasteiger partial charge in [-0.15, -0.1) is 0 Å². The Kier molecular flexibility index (Phi) is 6.95. The molecule has 0 heterocycles. The molecule has 0 saturated carbocycles. The third-order valence-electron chi connectivity index (χ3n) is 2.34. The highest BCUT2D eigenvalue weighted by atomic mass is 16.4. The van der Waals surface area contributed by atoms with Crippen molar-refractivity contribution in [3.8, 4) is 0 Å². The van der Waals surface area contributed by atoms with Crippen LogP contribution in [-0.2, 0) is 0 Å². The molecule has 16 heavy (non-hydrogen) atoms. The second-order valence-electron chi connectivity index (χ2n) is 3.61. The Balaban J connectivity index is 4.41. The van der Waals surface area contributed by atoms with Crippen LogP contribution >= 0.6 is 0 Å². The number of aliphatic hydroxyl groups excluding tert-OH is 6. The van der Waals surface area contributed by atoms with E-state index in [0.717, 1.165) is 0 Å². The zero-order valence-electron chi connectivity index (χ0n) is 8.72. The van der Waals surface area contributed by atoms with E-state index in [-0.39, 0.29) is 6.54 Å². The van der Waals surface area contributed by atoms with Gasteiger partial charge in [-0.25, -0.2) is 0 Å². The van der Waals surface area contributed by atoms with Gasteiger partial charge in [0, 0.05) is 12.6 Å². The van der Waals surface area contributed by atoms with E-state index < -0.39 is 43.2 Å². The number of hydrogen-bond donors (Lipinski definition) is 8. The van der Waals surface area contributed by atoms with E-state index in [1.54, 1.807) is 0 Å².